The molecule has 12 heteroatoms. The van der Waals surface area contributed by atoms with Gasteiger partial charge in [-0.05, 0) is 97.8 Å². The van der Waals surface area contributed by atoms with Crippen LogP contribution in [0.1, 0.15) is 16.7 Å². The summed E-state index contributed by atoms with van der Waals surface area (Å²) in [6.07, 6.45) is 1.38. The molecule has 9 nitrogen and oxygen atoms in total. The van der Waals surface area contributed by atoms with Crippen LogP contribution in [0.4, 0.5) is 15.8 Å². The number of benzene rings is 4. The third-order valence-electron chi connectivity index (χ3n) is 6.18. The Morgan fingerprint density at radius 3 is 2.28 bits per heavy atom. The highest BCUT2D eigenvalue weighted by molar-refractivity contribution is 7.92. The molecule has 0 bridgehead atoms. The molecule has 0 aliphatic rings. The summed E-state index contributed by atoms with van der Waals surface area (Å²) >= 11 is 6.26. The number of carbonyl (C=O) groups excluding carboxylic acids is 2. The zero-order valence-electron chi connectivity index (χ0n) is 23.3. The highest BCUT2D eigenvalue weighted by Gasteiger charge is 2.28. The molecule has 222 valence electrons. The van der Waals surface area contributed by atoms with Gasteiger partial charge in [-0.3, -0.25) is 13.9 Å². The van der Waals surface area contributed by atoms with Gasteiger partial charge in [0.15, 0.2) is 6.61 Å². The van der Waals surface area contributed by atoms with Gasteiger partial charge in [0.2, 0.25) is 0 Å². The molecule has 0 spiro atoms. The fraction of sp³-hybridized carbons (Fsp3) is 0.129. The Morgan fingerprint density at radius 1 is 0.930 bits per heavy atom. The Bertz CT molecular complexity index is 1730. The maximum Gasteiger partial charge on any atom is 0.264 e. The predicted octanol–water partition coefficient (Wildman–Crippen LogP) is 5.46. The van der Waals surface area contributed by atoms with E-state index in [1.807, 2.05) is 6.92 Å². The standard InChI is InChI=1S/C31H28ClFN4O5S/c1-21-6-16-27(17-7-21)43(40,41)37(29-5-3-4-28(32)22(29)2)19-30(38)36-34-18-23-8-14-26(15-9-23)42-20-31(39)35-25-12-10-24(33)11-13-25/h3-18H,19-20H2,1-2H3,(H,35,39)(H,36,38). The van der Waals surface area contributed by atoms with Gasteiger partial charge in [0, 0.05) is 10.7 Å². The van der Waals surface area contributed by atoms with Crippen LogP contribution >= 0.6 is 11.6 Å². The fourth-order valence-electron chi connectivity index (χ4n) is 3.88. The number of amides is 2. The summed E-state index contributed by atoms with van der Waals surface area (Å²) in [5.74, 6) is -1.06. The average molecular weight is 623 g/mol. The first kappa shape index (κ1) is 31.2. The normalized spacial score (nSPS) is 11.3. The van der Waals surface area contributed by atoms with Crippen molar-refractivity contribution in [3.8, 4) is 5.75 Å². The Kier molecular flexibility index (Phi) is 10.1. The number of hydrazone groups is 1. The molecule has 0 unspecified atom stereocenters. The molecule has 0 heterocycles. The Hall–Kier alpha value is -4.74. The van der Waals surface area contributed by atoms with E-state index in [-0.39, 0.29) is 17.2 Å². The zero-order chi connectivity index (χ0) is 31.0. The molecule has 0 aliphatic carbocycles. The molecular weight excluding hydrogens is 595 g/mol. The summed E-state index contributed by atoms with van der Waals surface area (Å²) < 4.78 is 46.6. The van der Waals surface area contributed by atoms with Crippen molar-refractivity contribution in [2.75, 3.05) is 22.8 Å². The minimum Gasteiger partial charge on any atom is -0.484 e. The third kappa shape index (κ3) is 8.40. The van der Waals surface area contributed by atoms with Crippen molar-refractivity contribution in [3.63, 3.8) is 0 Å². The van der Waals surface area contributed by atoms with Gasteiger partial charge in [-0.1, -0.05) is 35.4 Å². The molecule has 2 N–H and O–H groups in total. The van der Waals surface area contributed by atoms with E-state index in [9.17, 15) is 22.4 Å². The van der Waals surface area contributed by atoms with E-state index in [4.69, 9.17) is 16.3 Å². The van der Waals surface area contributed by atoms with Crippen molar-refractivity contribution in [1.82, 2.24) is 5.43 Å². The van der Waals surface area contributed by atoms with Gasteiger partial charge in [0.05, 0.1) is 16.8 Å². The van der Waals surface area contributed by atoms with E-state index in [0.717, 1.165) is 9.87 Å². The maximum absolute atomic E-state index is 13.6. The molecule has 0 saturated carbocycles. The lowest BCUT2D eigenvalue weighted by Crippen LogP contribution is -2.40. The van der Waals surface area contributed by atoms with Crippen LogP contribution in [0.15, 0.2) is 101 Å². The summed E-state index contributed by atoms with van der Waals surface area (Å²) in [6, 6.07) is 23.1. The van der Waals surface area contributed by atoms with E-state index >= 15 is 0 Å². The van der Waals surface area contributed by atoms with Gasteiger partial charge >= 0.3 is 0 Å². The Morgan fingerprint density at radius 2 is 1.60 bits per heavy atom. The number of hydrogen-bond donors (Lipinski definition) is 2. The van der Waals surface area contributed by atoms with Crippen molar-refractivity contribution in [2.24, 2.45) is 5.10 Å². The van der Waals surface area contributed by atoms with Crippen LogP contribution in [-0.2, 0) is 19.6 Å². The molecule has 43 heavy (non-hydrogen) atoms. The van der Waals surface area contributed by atoms with E-state index in [1.165, 1.54) is 42.6 Å². The molecular formula is C31H28ClFN4O5S. The SMILES string of the molecule is Cc1ccc(S(=O)(=O)N(CC(=O)NN=Cc2ccc(OCC(=O)Nc3ccc(F)cc3)cc2)c2cccc(Cl)c2C)cc1. The number of aryl methyl sites for hydroxylation is 1. The number of nitrogens with one attached hydrogen (secondary N) is 2. The molecule has 0 aliphatic heterocycles. The summed E-state index contributed by atoms with van der Waals surface area (Å²) in [5.41, 5.74) is 5.09. The van der Waals surface area contributed by atoms with Gasteiger partial charge in [0.25, 0.3) is 21.8 Å². The molecule has 0 atom stereocenters. The smallest absolute Gasteiger partial charge is 0.264 e. The number of ether oxygens (including phenoxy) is 1. The highest BCUT2D eigenvalue weighted by Crippen LogP contribution is 2.31. The lowest BCUT2D eigenvalue weighted by atomic mass is 10.2. The van der Waals surface area contributed by atoms with E-state index in [1.54, 1.807) is 61.5 Å². The first-order valence-electron chi connectivity index (χ1n) is 13.0. The monoisotopic (exact) mass is 622 g/mol. The summed E-state index contributed by atoms with van der Waals surface area (Å²) in [7, 11) is -4.11. The molecule has 4 aromatic rings. The molecule has 2 amide bonds. The zero-order valence-corrected chi connectivity index (χ0v) is 24.8. The predicted molar refractivity (Wildman–Crippen MR) is 165 cm³/mol. The summed E-state index contributed by atoms with van der Waals surface area (Å²) in [6.45, 7) is 2.73. The van der Waals surface area contributed by atoms with E-state index in [0.29, 0.717) is 27.6 Å². The molecule has 0 aromatic heterocycles. The van der Waals surface area contributed by atoms with Crippen LogP contribution in [0, 0.1) is 19.7 Å². The Balaban J connectivity index is 1.37. The summed E-state index contributed by atoms with van der Waals surface area (Å²) in [4.78, 5) is 24.9. The van der Waals surface area contributed by atoms with Crippen LogP contribution in [0.5, 0.6) is 5.75 Å². The van der Waals surface area contributed by atoms with Gasteiger partial charge in [0.1, 0.15) is 18.1 Å². The summed E-state index contributed by atoms with van der Waals surface area (Å²) in [5, 5.41) is 6.91. The number of sulfonamides is 1. The van der Waals surface area contributed by atoms with Crippen LogP contribution in [0.2, 0.25) is 5.02 Å². The van der Waals surface area contributed by atoms with Crippen molar-refractivity contribution in [1.29, 1.82) is 0 Å². The molecule has 0 fully saturated rings. The molecule has 4 aromatic carbocycles. The molecule has 0 radical (unpaired) electrons. The number of hydrogen-bond acceptors (Lipinski definition) is 6. The average Bonchev–Trinajstić information content (AvgIpc) is 2.98. The van der Waals surface area contributed by atoms with Crippen molar-refractivity contribution in [3.05, 3.63) is 119 Å². The first-order valence-corrected chi connectivity index (χ1v) is 14.8. The second kappa shape index (κ2) is 14.0. The van der Waals surface area contributed by atoms with Gasteiger partial charge in [-0.2, -0.15) is 5.10 Å². The maximum atomic E-state index is 13.6. The van der Waals surface area contributed by atoms with Gasteiger partial charge < -0.3 is 10.1 Å². The Labute approximate surface area is 254 Å². The third-order valence-corrected chi connectivity index (χ3v) is 8.37. The van der Waals surface area contributed by atoms with Crippen LogP contribution in [0.25, 0.3) is 0 Å². The largest absolute Gasteiger partial charge is 0.484 e. The minimum absolute atomic E-state index is 0.0315. The lowest BCUT2D eigenvalue weighted by Gasteiger charge is -2.25. The molecule has 0 saturated heterocycles. The first-order chi connectivity index (χ1) is 20.5. The quantitative estimate of drug-likeness (QED) is 0.170. The second-order valence-electron chi connectivity index (χ2n) is 9.41. The van der Waals surface area contributed by atoms with Crippen LogP contribution in [0.3, 0.4) is 0 Å². The van der Waals surface area contributed by atoms with Crippen molar-refractivity contribution in [2.45, 2.75) is 18.7 Å². The minimum atomic E-state index is -4.11. The van der Waals surface area contributed by atoms with Gasteiger partial charge in [-0.15, -0.1) is 0 Å². The number of rotatable bonds is 11. The number of nitrogens with zero attached hydrogens (tertiary/aromatic N) is 2. The van der Waals surface area contributed by atoms with E-state index < -0.39 is 34.2 Å². The van der Waals surface area contributed by atoms with E-state index in [2.05, 4.69) is 15.8 Å². The number of anilines is 2. The molecule has 4 rings (SSSR count). The lowest BCUT2D eigenvalue weighted by molar-refractivity contribution is -0.119. The fourth-order valence-corrected chi connectivity index (χ4v) is 5.53. The van der Waals surface area contributed by atoms with Crippen molar-refractivity contribution < 1.29 is 27.1 Å². The number of halogens is 2. The highest BCUT2D eigenvalue weighted by atomic mass is 35.5. The number of carbonyl (C=O) groups is 2. The van der Waals surface area contributed by atoms with Crippen LogP contribution < -0.4 is 19.8 Å². The van der Waals surface area contributed by atoms with Gasteiger partial charge in [-0.25, -0.2) is 18.2 Å². The van der Waals surface area contributed by atoms with Crippen LogP contribution in [-0.4, -0.2) is 39.6 Å². The van der Waals surface area contributed by atoms with Crippen molar-refractivity contribution >= 4 is 51.0 Å². The second-order valence-corrected chi connectivity index (χ2v) is 11.7. The topological polar surface area (TPSA) is 117 Å².